The number of carbonyl (C=O) groups is 2. The molecule has 2 aliphatic heterocycles. The van der Waals surface area contributed by atoms with Crippen molar-refractivity contribution in [3.63, 3.8) is 0 Å². The number of nitrogens with one attached hydrogen (secondary N) is 2. The Morgan fingerprint density at radius 1 is 1.50 bits per heavy atom. The second kappa shape index (κ2) is 5.85. The van der Waals surface area contributed by atoms with Crippen LogP contribution in [0.15, 0.2) is 17.0 Å². The molecule has 130 valence electrons. The van der Waals surface area contributed by atoms with Crippen molar-refractivity contribution in [2.75, 3.05) is 6.54 Å². The van der Waals surface area contributed by atoms with Gasteiger partial charge in [-0.05, 0) is 12.8 Å². The van der Waals surface area contributed by atoms with Crippen molar-refractivity contribution in [2.45, 2.75) is 24.9 Å². The molecule has 3 amide bonds. The summed E-state index contributed by atoms with van der Waals surface area (Å²) in [4.78, 5) is 25.3. The van der Waals surface area contributed by atoms with Crippen molar-refractivity contribution >= 4 is 28.2 Å². The molecule has 2 unspecified atom stereocenters. The Morgan fingerprint density at radius 3 is 2.88 bits per heavy atom. The van der Waals surface area contributed by atoms with Crippen LogP contribution in [0.1, 0.15) is 23.2 Å². The molecule has 3 heterocycles. The van der Waals surface area contributed by atoms with E-state index >= 15 is 0 Å². The standard InChI is InChI=1S/C11H13N5O7S/c12-9(14-10(17)6-3-13-22-5-6)8-2-1-7-4-15(8)11(18)16(7)23-24(19,20)21/h3,5,7-8H,1-2,4H2,(H2,12,14,17)(H,19,20,21). The second-order valence-corrected chi connectivity index (χ2v) is 6.30. The van der Waals surface area contributed by atoms with E-state index < -0.39 is 34.4 Å². The zero-order chi connectivity index (χ0) is 17.5. The van der Waals surface area contributed by atoms with Crippen LogP contribution in [-0.4, -0.2) is 64.5 Å². The number of nitrogens with zero attached hydrogens (tertiary/aromatic N) is 3. The van der Waals surface area contributed by atoms with E-state index in [1.165, 1.54) is 11.1 Å². The van der Waals surface area contributed by atoms with Gasteiger partial charge in [0.05, 0.1) is 23.8 Å². The number of urea groups is 1. The topological polar surface area (TPSA) is 166 Å². The molecule has 0 aromatic carbocycles. The molecule has 3 rings (SSSR count). The maximum Gasteiger partial charge on any atom is 0.418 e. The monoisotopic (exact) mass is 359 g/mol. The molecule has 1 aromatic heterocycles. The number of hydroxylamine groups is 2. The second-order valence-electron chi connectivity index (χ2n) is 5.29. The molecule has 0 saturated carbocycles. The Kier molecular flexibility index (Phi) is 3.98. The molecule has 2 atom stereocenters. The summed E-state index contributed by atoms with van der Waals surface area (Å²) in [6.45, 7) is 0.116. The molecule has 0 aliphatic carbocycles. The summed E-state index contributed by atoms with van der Waals surface area (Å²) in [5.74, 6) is -0.831. The van der Waals surface area contributed by atoms with E-state index in [0.29, 0.717) is 17.9 Å². The number of carbonyl (C=O) groups excluding carboxylic acids is 2. The maximum atomic E-state index is 12.2. The largest absolute Gasteiger partial charge is 0.418 e. The van der Waals surface area contributed by atoms with Gasteiger partial charge in [0.15, 0.2) is 0 Å². The van der Waals surface area contributed by atoms with E-state index in [4.69, 9.17) is 9.96 Å². The summed E-state index contributed by atoms with van der Waals surface area (Å²) in [7, 11) is -4.83. The highest BCUT2D eigenvalue weighted by atomic mass is 32.3. The number of aromatic nitrogens is 1. The lowest BCUT2D eigenvalue weighted by molar-refractivity contribution is -0.0316. The predicted molar refractivity (Wildman–Crippen MR) is 75.1 cm³/mol. The van der Waals surface area contributed by atoms with Crippen molar-refractivity contribution in [3.8, 4) is 0 Å². The van der Waals surface area contributed by atoms with Gasteiger partial charge in [0.25, 0.3) is 5.91 Å². The van der Waals surface area contributed by atoms with Crippen LogP contribution in [0.2, 0.25) is 0 Å². The third-order valence-electron chi connectivity index (χ3n) is 3.77. The Morgan fingerprint density at radius 2 is 2.25 bits per heavy atom. The first-order valence-electron chi connectivity index (χ1n) is 6.82. The SMILES string of the molecule is N=C(NC(=O)c1cnoc1)C1CCC2CN1C(=O)N2OS(=O)(=O)O. The van der Waals surface area contributed by atoms with Crippen LogP contribution in [0.4, 0.5) is 4.79 Å². The Bertz CT molecular complexity index is 777. The van der Waals surface area contributed by atoms with Gasteiger partial charge in [0.1, 0.15) is 12.1 Å². The molecule has 2 saturated heterocycles. The van der Waals surface area contributed by atoms with E-state index in [9.17, 15) is 18.0 Å². The number of piperidine rings is 1. The molecule has 0 radical (unpaired) electrons. The minimum Gasteiger partial charge on any atom is -0.364 e. The molecule has 3 N–H and O–H groups in total. The molecular formula is C11H13N5O7S. The van der Waals surface area contributed by atoms with E-state index in [0.717, 1.165) is 6.26 Å². The van der Waals surface area contributed by atoms with Crippen LogP contribution in [0.25, 0.3) is 0 Å². The average molecular weight is 359 g/mol. The first kappa shape index (κ1) is 16.4. The summed E-state index contributed by atoms with van der Waals surface area (Å²) >= 11 is 0. The Balaban J connectivity index is 1.69. The maximum absolute atomic E-state index is 12.2. The highest BCUT2D eigenvalue weighted by Crippen LogP contribution is 2.30. The van der Waals surface area contributed by atoms with Crippen LogP contribution in [-0.2, 0) is 14.7 Å². The van der Waals surface area contributed by atoms with Crippen molar-refractivity contribution in [1.29, 1.82) is 5.41 Å². The van der Waals surface area contributed by atoms with E-state index in [2.05, 4.69) is 19.3 Å². The fraction of sp³-hybridized carbons (Fsp3) is 0.455. The smallest absolute Gasteiger partial charge is 0.364 e. The third kappa shape index (κ3) is 3.08. The van der Waals surface area contributed by atoms with Gasteiger partial charge in [-0.25, -0.2) is 4.79 Å². The van der Waals surface area contributed by atoms with Gasteiger partial charge < -0.3 is 14.7 Å². The van der Waals surface area contributed by atoms with Gasteiger partial charge in [-0.1, -0.05) is 5.16 Å². The summed E-state index contributed by atoms with van der Waals surface area (Å²) in [6.07, 6.45) is 2.96. The molecule has 1 aromatic rings. The number of amidine groups is 1. The van der Waals surface area contributed by atoms with E-state index in [1.54, 1.807) is 0 Å². The lowest BCUT2D eigenvalue weighted by Gasteiger charge is -2.30. The highest BCUT2D eigenvalue weighted by molar-refractivity contribution is 7.80. The first-order valence-corrected chi connectivity index (χ1v) is 8.19. The summed E-state index contributed by atoms with van der Waals surface area (Å²) in [5.41, 5.74) is 0.123. The predicted octanol–water partition coefficient (Wildman–Crippen LogP) is -0.615. The molecular weight excluding hydrogens is 346 g/mol. The normalized spacial score (nSPS) is 23.5. The quantitative estimate of drug-likeness (QED) is 0.363. The minimum atomic E-state index is -4.83. The molecule has 2 fully saturated rings. The van der Waals surface area contributed by atoms with Gasteiger partial charge in [0.2, 0.25) is 0 Å². The zero-order valence-electron chi connectivity index (χ0n) is 12.1. The van der Waals surface area contributed by atoms with Crippen molar-refractivity contribution in [1.82, 2.24) is 20.4 Å². The number of rotatable bonds is 4. The minimum absolute atomic E-state index is 0.116. The fourth-order valence-corrected chi connectivity index (χ4v) is 3.11. The molecule has 12 nitrogen and oxygen atoms in total. The zero-order valence-corrected chi connectivity index (χ0v) is 12.9. The number of hydrogen-bond donors (Lipinski definition) is 3. The summed E-state index contributed by atoms with van der Waals surface area (Å²) in [6, 6.07) is -2.10. The van der Waals surface area contributed by atoms with Crippen LogP contribution in [0.5, 0.6) is 0 Å². The van der Waals surface area contributed by atoms with Gasteiger partial charge >= 0.3 is 16.4 Å². The average Bonchev–Trinajstić information content (AvgIpc) is 3.11. The van der Waals surface area contributed by atoms with E-state index in [1.807, 2.05) is 0 Å². The number of hydrogen-bond acceptors (Lipinski definition) is 8. The third-order valence-corrected chi connectivity index (χ3v) is 4.12. The van der Waals surface area contributed by atoms with Crippen molar-refractivity contribution in [2.24, 2.45) is 0 Å². The van der Waals surface area contributed by atoms with Crippen LogP contribution in [0.3, 0.4) is 0 Å². The lowest BCUT2D eigenvalue weighted by atomic mass is 10.00. The van der Waals surface area contributed by atoms with Crippen molar-refractivity contribution < 1.29 is 31.4 Å². The van der Waals surface area contributed by atoms with E-state index in [-0.39, 0.29) is 17.9 Å². The highest BCUT2D eigenvalue weighted by Gasteiger charge is 2.48. The molecule has 2 bridgehead atoms. The van der Waals surface area contributed by atoms with Gasteiger partial charge in [-0.3, -0.25) is 14.8 Å². The Hall–Kier alpha value is -2.51. The van der Waals surface area contributed by atoms with Crippen LogP contribution < -0.4 is 5.32 Å². The molecule has 13 heteroatoms. The summed E-state index contributed by atoms with van der Waals surface area (Å²) < 4.78 is 39.2. The lowest BCUT2D eigenvalue weighted by Crippen LogP contribution is -2.50. The number of fused-ring (bicyclic) bond motifs is 2. The molecule has 2 aliphatic rings. The number of amides is 3. The summed E-state index contributed by atoms with van der Waals surface area (Å²) in [5, 5.41) is 14.3. The van der Waals surface area contributed by atoms with Gasteiger partial charge in [-0.15, -0.1) is 4.28 Å². The van der Waals surface area contributed by atoms with Crippen molar-refractivity contribution in [3.05, 3.63) is 18.0 Å². The first-order chi connectivity index (χ1) is 11.3. The molecule has 0 spiro atoms. The van der Waals surface area contributed by atoms with Crippen LogP contribution in [0, 0.1) is 5.41 Å². The molecule has 24 heavy (non-hydrogen) atoms. The van der Waals surface area contributed by atoms with Crippen LogP contribution >= 0.6 is 0 Å². The Labute approximate surface area is 135 Å². The van der Waals surface area contributed by atoms with Gasteiger partial charge in [0, 0.05) is 6.54 Å². The van der Waals surface area contributed by atoms with Gasteiger partial charge in [-0.2, -0.15) is 13.5 Å². The fourth-order valence-electron chi connectivity index (χ4n) is 2.73.